The van der Waals surface area contributed by atoms with Crippen molar-refractivity contribution in [1.29, 1.82) is 0 Å². The van der Waals surface area contributed by atoms with Gasteiger partial charge in [0.1, 0.15) is 17.3 Å². The Morgan fingerprint density at radius 3 is 3.00 bits per heavy atom. The highest BCUT2D eigenvalue weighted by Gasteiger charge is 2.29. The second-order valence-corrected chi connectivity index (χ2v) is 5.42. The first-order valence-corrected chi connectivity index (χ1v) is 6.74. The Bertz CT molecular complexity index is 611. The van der Waals surface area contributed by atoms with Gasteiger partial charge >= 0.3 is 0 Å². The maximum atomic E-state index is 9.71. The summed E-state index contributed by atoms with van der Waals surface area (Å²) in [5.74, 6) is 1.71. The Kier molecular flexibility index (Phi) is 3.06. The minimum atomic E-state index is -0.297. The van der Waals surface area contributed by atoms with E-state index in [1.807, 2.05) is 13.8 Å². The molecule has 0 bridgehead atoms. The smallest absolute Gasteiger partial charge is 0.255 e. The van der Waals surface area contributed by atoms with Crippen LogP contribution in [0.4, 0.5) is 5.82 Å². The van der Waals surface area contributed by atoms with Gasteiger partial charge in [-0.3, -0.25) is 0 Å². The Morgan fingerprint density at radius 1 is 1.53 bits per heavy atom. The number of aliphatic hydroxyl groups is 1. The number of hydrogen-bond acceptors (Lipinski definition) is 5. The second kappa shape index (κ2) is 4.61. The second-order valence-electron chi connectivity index (χ2n) is 5.06. The fourth-order valence-electron chi connectivity index (χ4n) is 2.63. The van der Waals surface area contributed by atoms with Crippen molar-refractivity contribution in [2.24, 2.45) is 5.92 Å². The molecule has 0 saturated carbocycles. The van der Waals surface area contributed by atoms with Crippen LogP contribution in [0.3, 0.4) is 0 Å². The van der Waals surface area contributed by atoms with Gasteiger partial charge in [0.2, 0.25) is 0 Å². The largest absolute Gasteiger partial charge is 0.393 e. The Hall–Kier alpha value is -1.40. The molecule has 1 aliphatic heterocycles. The molecular formula is C12H16ClN5O. The zero-order valence-corrected chi connectivity index (χ0v) is 11.7. The lowest BCUT2D eigenvalue weighted by atomic mass is 10.0. The van der Waals surface area contributed by atoms with Crippen molar-refractivity contribution in [2.75, 3.05) is 18.0 Å². The molecule has 7 heteroatoms. The monoisotopic (exact) mass is 281 g/mol. The summed E-state index contributed by atoms with van der Waals surface area (Å²) < 4.78 is 1.71. The van der Waals surface area contributed by atoms with Gasteiger partial charge in [0.15, 0.2) is 0 Å². The summed E-state index contributed by atoms with van der Waals surface area (Å²) in [5.41, 5.74) is 0.894. The number of aromatic nitrogens is 4. The van der Waals surface area contributed by atoms with E-state index in [0.29, 0.717) is 10.9 Å². The van der Waals surface area contributed by atoms with E-state index in [-0.39, 0.29) is 12.0 Å². The van der Waals surface area contributed by atoms with Gasteiger partial charge in [-0.15, -0.1) is 0 Å². The summed E-state index contributed by atoms with van der Waals surface area (Å²) in [6.07, 6.45) is 2.14. The molecule has 2 atom stereocenters. The summed E-state index contributed by atoms with van der Waals surface area (Å²) in [7, 11) is 0. The fourth-order valence-corrected chi connectivity index (χ4v) is 2.79. The van der Waals surface area contributed by atoms with Gasteiger partial charge in [0, 0.05) is 24.6 Å². The molecule has 2 unspecified atom stereocenters. The van der Waals surface area contributed by atoms with E-state index in [1.54, 1.807) is 4.52 Å². The summed E-state index contributed by atoms with van der Waals surface area (Å²) in [6, 6.07) is 0. The van der Waals surface area contributed by atoms with Crippen LogP contribution in [0, 0.1) is 12.8 Å². The molecule has 0 aromatic carbocycles. The van der Waals surface area contributed by atoms with Crippen LogP contribution in [0.1, 0.15) is 18.9 Å². The molecule has 1 saturated heterocycles. The lowest BCUT2D eigenvalue weighted by Crippen LogP contribution is -2.26. The molecule has 3 heterocycles. The molecule has 2 aromatic rings. The lowest BCUT2D eigenvalue weighted by Gasteiger charge is -2.22. The number of halogens is 1. The van der Waals surface area contributed by atoms with Crippen LogP contribution in [0.15, 0.2) is 6.33 Å². The molecule has 1 N–H and O–H groups in total. The number of rotatable bonds is 2. The highest BCUT2D eigenvalue weighted by atomic mass is 35.5. The van der Waals surface area contributed by atoms with E-state index in [4.69, 9.17) is 11.6 Å². The average Bonchev–Trinajstić information content (AvgIpc) is 2.99. The number of fused-ring (bicyclic) bond motifs is 1. The van der Waals surface area contributed by atoms with Crippen molar-refractivity contribution in [3.8, 4) is 0 Å². The standard InChI is InChI=1S/C12H16ClN5O/c1-7-10(13)16-12-14-6-15-18(12)11(7)17-4-3-9(5-17)8(2)19/h6,8-9,19H,3-5H2,1-2H3. The Labute approximate surface area is 116 Å². The summed E-state index contributed by atoms with van der Waals surface area (Å²) in [4.78, 5) is 10.5. The normalized spacial score (nSPS) is 21.3. The first kappa shape index (κ1) is 12.6. The van der Waals surface area contributed by atoms with Crippen molar-refractivity contribution in [3.05, 3.63) is 17.0 Å². The number of anilines is 1. The SMILES string of the molecule is Cc1c(Cl)nc2ncnn2c1N1CCC(C(C)O)C1. The van der Waals surface area contributed by atoms with Gasteiger partial charge in [0.05, 0.1) is 6.10 Å². The zero-order valence-electron chi connectivity index (χ0n) is 10.9. The summed E-state index contributed by atoms with van der Waals surface area (Å²) in [5, 5.41) is 14.4. The van der Waals surface area contributed by atoms with Gasteiger partial charge in [-0.1, -0.05) is 11.6 Å². The zero-order chi connectivity index (χ0) is 13.6. The van der Waals surface area contributed by atoms with Crippen LogP contribution < -0.4 is 4.90 Å². The maximum absolute atomic E-state index is 9.71. The molecule has 19 heavy (non-hydrogen) atoms. The van der Waals surface area contributed by atoms with Crippen LogP contribution in [-0.4, -0.2) is 43.9 Å². The van der Waals surface area contributed by atoms with Crippen LogP contribution in [0.5, 0.6) is 0 Å². The van der Waals surface area contributed by atoms with Gasteiger partial charge in [-0.05, 0) is 20.3 Å². The van der Waals surface area contributed by atoms with Crippen molar-refractivity contribution >= 4 is 23.2 Å². The third-order valence-corrected chi connectivity index (χ3v) is 4.15. The molecule has 3 rings (SSSR count). The van der Waals surface area contributed by atoms with E-state index >= 15 is 0 Å². The number of nitrogens with zero attached hydrogens (tertiary/aromatic N) is 5. The maximum Gasteiger partial charge on any atom is 0.255 e. The quantitative estimate of drug-likeness (QED) is 0.841. The first-order valence-electron chi connectivity index (χ1n) is 6.36. The molecule has 2 aromatic heterocycles. The average molecular weight is 282 g/mol. The van der Waals surface area contributed by atoms with Crippen molar-refractivity contribution < 1.29 is 5.11 Å². The van der Waals surface area contributed by atoms with Crippen molar-refractivity contribution in [2.45, 2.75) is 26.4 Å². The first-order chi connectivity index (χ1) is 9.08. The van der Waals surface area contributed by atoms with Crippen LogP contribution in [-0.2, 0) is 0 Å². The molecule has 0 spiro atoms. The molecule has 1 fully saturated rings. The van der Waals surface area contributed by atoms with E-state index in [9.17, 15) is 5.11 Å². The minimum absolute atomic E-state index is 0.282. The molecular weight excluding hydrogens is 266 g/mol. The molecule has 1 aliphatic rings. The minimum Gasteiger partial charge on any atom is -0.393 e. The van der Waals surface area contributed by atoms with E-state index < -0.39 is 0 Å². The van der Waals surface area contributed by atoms with Crippen molar-refractivity contribution in [1.82, 2.24) is 19.6 Å². The van der Waals surface area contributed by atoms with E-state index in [0.717, 1.165) is 30.9 Å². The molecule has 102 valence electrons. The summed E-state index contributed by atoms with van der Waals surface area (Å²) in [6.45, 7) is 5.45. The van der Waals surface area contributed by atoms with Gasteiger partial charge < -0.3 is 10.0 Å². The predicted molar refractivity (Wildman–Crippen MR) is 72.5 cm³/mol. The molecule has 0 amide bonds. The van der Waals surface area contributed by atoms with Gasteiger partial charge in [-0.2, -0.15) is 19.6 Å². The number of aliphatic hydroxyl groups excluding tert-OH is 1. The van der Waals surface area contributed by atoms with E-state index in [2.05, 4.69) is 20.0 Å². The molecule has 0 aliphatic carbocycles. The molecule has 6 nitrogen and oxygen atoms in total. The van der Waals surface area contributed by atoms with Gasteiger partial charge in [-0.25, -0.2) is 0 Å². The van der Waals surface area contributed by atoms with E-state index in [1.165, 1.54) is 6.33 Å². The Balaban J connectivity index is 2.05. The number of hydrogen-bond donors (Lipinski definition) is 1. The third kappa shape index (κ3) is 2.04. The fraction of sp³-hybridized carbons (Fsp3) is 0.583. The molecule has 0 radical (unpaired) electrons. The highest BCUT2D eigenvalue weighted by Crippen LogP contribution is 2.30. The predicted octanol–water partition coefficient (Wildman–Crippen LogP) is 1.29. The third-order valence-electron chi connectivity index (χ3n) is 3.78. The lowest BCUT2D eigenvalue weighted by molar-refractivity contribution is 0.136. The summed E-state index contributed by atoms with van der Waals surface area (Å²) >= 11 is 6.16. The Morgan fingerprint density at radius 2 is 2.32 bits per heavy atom. The van der Waals surface area contributed by atoms with Crippen LogP contribution in [0.25, 0.3) is 5.78 Å². The highest BCUT2D eigenvalue weighted by molar-refractivity contribution is 6.30. The van der Waals surface area contributed by atoms with Crippen LogP contribution >= 0.6 is 11.6 Å². The van der Waals surface area contributed by atoms with Gasteiger partial charge in [0.25, 0.3) is 5.78 Å². The van der Waals surface area contributed by atoms with Crippen molar-refractivity contribution in [3.63, 3.8) is 0 Å². The topological polar surface area (TPSA) is 66.5 Å². The van der Waals surface area contributed by atoms with Crippen LogP contribution in [0.2, 0.25) is 5.15 Å².